The largest absolute Gasteiger partial charge is 0.497 e. The van der Waals surface area contributed by atoms with E-state index < -0.39 is 10.0 Å². The molecule has 0 saturated carbocycles. The zero-order valence-corrected chi connectivity index (χ0v) is 12.9. The van der Waals surface area contributed by atoms with Gasteiger partial charge in [-0.1, -0.05) is 11.6 Å². The summed E-state index contributed by atoms with van der Waals surface area (Å²) in [7, 11) is -2.29. The minimum atomic E-state index is -3.77. The molecule has 1 heterocycles. The molecule has 2 rings (SSSR count). The number of aromatic nitrogens is 2. The molecule has 0 atom stereocenters. The van der Waals surface area contributed by atoms with Gasteiger partial charge in [-0.3, -0.25) is 9.40 Å². The Bertz CT molecular complexity index is 730. The normalized spacial score (nSPS) is 11.4. The minimum absolute atomic E-state index is 0.0369. The van der Waals surface area contributed by atoms with Crippen LogP contribution in [0.5, 0.6) is 5.75 Å². The van der Waals surface area contributed by atoms with Crippen molar-refractivity contribution in [2.75, 3.05) is 18.4 Å². The van der Waals surface area contributed by atoms with Crippen LogP contribution in [0.4, 0.5) is 5.69 Å². The number of anilines is 1. The van der Waals surface area contributed by atoms with Crippen molar-refractivity contribution in [2.24, 2.45) is 5.73 Å². The van der Waals surface area contributed by atoms with Crippen LogP contribution in [0.2, 0.25) is 5.02 Å². The van der Waals surface area contributed by atoms with E-state index in [1.54, 1.807) is 12.1 Å². The number of nitrogens with two attached hydrogens (primary N) is 1. The summed E-state index contributed by atoms with van der Waals surface area (Å²) < 4.78 is 33.5. The van der Waals surface area contributed by atoms with Gasteiger partial charge >= 0.3 is 0 Å². The first-order chi connectivity index (χ1) is 9.96. The first-order valence-corrected chi connectivity index (χ1v) is 7.91. The summed E-state index contributed by atoms with van der Waals surface area (Å²) in [6.07, 6.45) is 2.66. The quantitative estimate of drug-likeness (QED) is 0.831. The van der Waals surface area contributed by atoms with Crippen LogP contribution in [-0.2, 0) is 16.6 Å². The molecule has 7 nitrogen and oxygen atoms in total. The number of nitrogens with zero attached hydrogens (tertiary/aromatic N) is 2. The Morgan fingerprint density at radius 3 is 2.90 bits per heavy atom. The number of sulfonamides is 1. The van der Waals surface area contributed by atoms with Crippen molar-refractivity contribution < 1.29 is 13.2 Å². The Labute approximate surface area is 127 Å². The second kappa shape index (κ2) is 6.33. The first kappa shape index (κ1) is 15.6. The fraction of sp³-hybridized carbons (Fsp3) is 0.250. The van der Waals surface area contributed by atoms with Crippen molar-refractivity contribution in [3.05, 3.63) is 35.6 Å². The van der Waals surface area contributed by atoms with Crippen LogP contribution in [0.3, 0.4) is 0 Å². The van der Waals surface area contributed by atoms with Crippen LogP contribution in [-0.4, -0.2) is 31.9 Å². The molecule has 0 unspecified atom stereocenters. The van der Waals surface area contributed by atoms with Gasteiger partial charge in [0.25, 0.3) is 10.0 Å². The molecule has 0 fully saturated rings. The zero-order chi connectivity index (χ0) is 15.5. The Morgan fingerprint density at radius 1 is 1.48 bits per heavy atom. The molecule has 21 heavy (non-hydrogen) atoms. The third-order valence-electron chi connectivity index (χ3n) is 2.70. The van der Waals surface area contributed by atoms with E-state index in [2.05, 4.69) is 9.82 Å². The summed E-state index contributed by atoms with van der Waals surface area (Å²) in [6, 6.07) is 4.69. The maximum absolute atomic E-state index is 12.3. The molecule has 0 saturated heterocycles. The predicted octanol–water partition coefficient (Wildman–Crippen LogP) is 1.30. The lowest BCUT2D eigenvalue weighted by molar-refractivity contribution is 0.415. The van der Waals surface area contributed by atoms with Crippen LogP contribution < -0.4 is 15.2 Å². The van der Waals surface area contributed by atoms with Crippen LogP contribution in [0, 0.1) is 0 Å². The lowest BCUT2D eigenvalue weighted by atomic mass is 10.3. The fourth-order valence-electron chi connectivity index (χ4n) is 1.65. The minimum Gasteiger partial charge on any atom is -0.497 e. The molecule has 0 spiro atoms. The number of benzene rings is 1. The number of rotatable bonds is 6. The van der Waals surface area contributed by atoms with Crippen LogP contribution in [0.25, 0.3) is 0 Å². The van der Waals surface area contributed by atoms with E-state index in [1.807, 2.05) is 0 Å². The lowest BCUT2D eigenvalue weighted by Crippen LogP contribution is -2.13. The van der Waals surface area contributed by atoms with Crippen molar-refractivity contribution in [3.8, 4) is 5.75 Å². The van der Waals surface area contributed by atoms with E-state index in [9.17, 15) is 8.42 Å². The number of nitrogens with one attached hydrogen (secondary N) is 1. The van der Waals surface area contributed by atoms with Gasteiger partial charge in [0.1, 0.15) is 10.6 Å². The molecule has 0 amide bonds. The molecule has 3 N–H and O–H groups in total. The Kier molecular flexibility index (Phi) is 4.71. The average molecular weight is 331 g/mol. The number of hydrogen-bond acceptors (Lipinski definition) is 5. The average Bonchev–Trinajstić information content (AvgIpc) is 2.91. The second-order valence-electron chi connectivity index (χ2n) is 4.18. The van der Waals surface area contributed by atoms with Gasteiger partial charge < -0.3 is 10.5 Å². The molecule has 0 radical (unpaired) electrons. The van der Waals surface area contributed by atoms with Crippen LogP contribution in [0.15, 0.2) is 35.5 Å². The summed E-state index contributed by atoms with van der Waals surface area (Å²) in [5.41, 5.74) is 5.64. The molecule has 0 aliphatic rings. The van der Waals surface area contributed by atoms with Gasteiger partial charge in [-0.15, -0.1) is 0 Å². The highest BCUT2D eigenvalue weighted by Gasteiger charge is 2.18. The van der Waals surface area contributed by atoms with E-state index in [0.29, 0.717) is 18.8 Å². The van der Waals surface area contributed by atoms with Crippen molar-refractivity contribution >= 4 is 27.3 Å². The summed E-state index contributed by atoms with van der Waals surface area (Å²) in [6.45, 7) is 0.811. The Hall–Kier alpha value is -1.77. The Balaban J connectivity index is 2.28. The number of methoxy groups -OCH3 is 1. The molecular formula is C12H15ClN4O3S. The second-order valence-corrected chi connectivity index (χ2v) is 6.27. The molecule has 9 heteroatoms. The third-order valence-corrected chi connectivity index (χ3v) is 4.35. The lowest BCUT2D eigenvalue weighted by Gasteiger charge is -2.09. The van der Waals surface area contributed by atoms with Crippen molar-refractivity contribution in [3.63, 3.8) is 0 Å². The summed E-state index contributed by atoms with van der Waals surface area (Å²) >= 11 is 5.98. The van der Waals surface area contributed by atoms with Gasteiger partial charge in [0.2, 0.25) is 0 Å². The maximum atomic E-state index is 12.3. The van der Waals surface area contributed by atoms with E-state index in [4.69, 9.17) is 22.1 Å². The number of hydrogen-bond donors (Lipinski definition) is 2. The molecule has 0 aliphatic carbocycles. The molecule has 114 valence electrons. The zero-order valence-electron chi connectivity index (χ0n) is 11.3. The fourth-order valence-corrected chi connectivity index (χ4v) is 2.89. The topological polar surface area (TPSA) is 99.2 Å². The molecule has 1 aromatic heterocycles. The number of halogens is 1. The first-order valence-electron chi connectivity index (χ1n) is 6.05. The summed E-state index contributed by atoms with van der Waals surface area (Å²) in [5, 5.41) is 4.20. The van der Waals surface area contributed by atoms with Crippen LogP contribution >= 0.6 is 11.6 Å². The summed E-state index contributed by atoms with van der Waals surface area (Å²) in [4.78, 5) is 0.0369. The Morgan fingerprint density at radius 2 is 2.24 bits per heavy atom. The van der Waals surface area contributed by atoms with Gasteiger partial charge in [-0.2, -0.15) is 5.10 Å². The highest BCUT2D eigenvalue weighted by Crippen LogP contribution is 2.28. The van der Waals surface area contributed by atoms with E-state index in [-0.39, 0.29) is 15.6 Å². The van der Waals surface area contributed by atoms with Gasteiger partial charge in [0.15, 0.2) is 0 Å². The van der Waals surface area contributed by atoms with Gasteiger partial charge in [-0.05, 0) is 12.1 Å². The molecule has 0 aliphatic heterocycles. The highest BCUT2D eigenvalue weighted by atomic mass is 35.5. The van der Waals surface area contributed by atoms with E-state index in [1.165, 1.54) is 30.3 Å². The molecule has 1 aromatic carbocycles. The standard InChI is InChI=1S/C12H15ClN4O3S/c1-20-9-2-3-11(13)12(6-9)16-21(18,19)10-7-15-17(8-10)5-4-14/h2-3,6-8,16H,4-5,14H2,1H3. The molecule has 0 bridgehead atoms. The number of ether oxygens (including phenoxy) is 1. The SMILES string of the molecule is COc1ccc(Cl)c(NS(=O)(=O)c2cnn(CCN)c2)c1. The van der Waals surface area contributed by atoms with Crippen LogP contribution in [0.1, 0.15) is 0 Å². The van der Waals surface area contributed by atoms with Gasteiger partial charge in [-0.25, -0.2) is 8.42 Å². The van der Waals surface area contributed by atoms with Gasteiger partial charge in [0.05, 0.1) is 30.6 Å². The predicted molar refractivity (Wildman–Crippen MR) is 80.1 cm³/mol. The molecule has 2 aromatic rings. The van der Waals surface area contributed by atoms with Gasteiger partial charge in [0, 0.05) is 18.8 Å². The molecular weight excluding hydrogens is 316 g/mol. The monoisotopic (exact) mass is 330 g/mol. The van der Waals surface area contributed by atoms with Crippen molar-refractivity contribution in [1.82, 2.24) is 9.78 Å². The highest BCUT2D eigenvalue weighted by molar-refractivity contribution is 7.92. The van der Waals surface area contributed by atoms with Crippen molar-refractivity contribution in [2.45, 2.75) is 11.4 Å². The van der Waals surface area contributed by atoms with E-state index in [0.717, 1.165) is 0 Å². The summed E-state index contributed by atoms with van der Waals surface area (Å²) in [5.74, 6) is 0.496. The smallest absolute Gasteiger partial charge is 0.265 e. The maximum Gasteiger partial charge on any atom is 0.265 e. The third kappa shape index (κ3) is 3.66. The van der Waals surface area contributed by atoms with E-state index >= 15 is 0 Å². The van der Waals surface area contributed by atoms with Crippen molar-refractivity contribution in [1.29, 1.82) is 0 Å².